The van der Waals surface area contributed by atoms with Crippen molar-refractivity contribution >= 4 is 28.0 Å². The van der Waals surface area contributed by atoms with E-state index in [1.54, 1.807) is 7.05 Å². The molecule has 0 amide bonds. The maximum absolute atomic E-state index is 14.8. The van der Waals surface area contributed by atoms with Gasteiger partial charge in [-0.15, -0.1) is 0 Å². The fourth-order valence-corrected chi connectivity index (χ4v) is 5.07. The van der Waals surface area contributed by atoms with Crippen LogP contribution in [0.3, 0.4) is 0 Å². The van der Waals surface area contributed by atoms with E-state index in [4.69, 9.17) is 0 Å². The average Bonchev–Trinajstić information content (AvgIpc) is 2.64. The molecule has 2 atom stereocenters. The van der Waals surface area contributed by atoms with E-state index in [9.17, 15) is 13.7 Å². The van der Waals surface area contributed by atoms with Gasteiger partial charge in [0.15, 0.2) is 17.3 Å². The summed E-state index contributed by atoms with van der Waals surface area (Å²) in [6.07, 6.45) is 0. The van der Waals surface area contributed by atoms with E-state index in [1.165, 1.54) is 11.5 Å². The summed E-state index contributed by atoms with van der Waals surface area (Å²) in [5.41, 5.74) is 0.0501. The molecule has 0 radical (unpaired) electrons. The molecule has 1 saturated heterocycles. The van der Waals surface area contributed by atoms with Crippen molar-refractivity contribution < 1.29 is 8.94 Å². The number of pyridine rings is 1. The molecule has 24 heavy (non-hydrogen) atoms. The predicted octanol–water partition coefficient (Wildman–Crippen LogP) is 0.0176. The van der Waals surface area contributed by atoms with Crippen LogP contribution in [0.5, 0.6) is 0 Å². The van der Waals surface area contributed by atoms with Gasteiger partial charge < -0.3 is 14.4 Å². The predicted molar refractivity (Wildman–Crippen MR) is 89.4 cm³/mol. The molecule has 128 valence electrons. The number of nitrogens with zero attached hydrogens (tertiary/aromatic N) is 5. The average molecular weight is 351 g/mol. The third kappa shape index (κ3) is 2.15. The summed E-state index contributed by atoms with van der Waals surface area (Å²) < 4.78 is 29.0. The van der Waals surface area contributed by atoms with Crippen LogP contribution in [0.4, 0.5) is 10.2 Å². The molecule has 0 spiro atoms. The fourth-order valence-electron chi connectivity index (χ4n) is 3.51. The lowest BCUT2D eigenvalue weighted by Crippen LogP contribution is -2.54. The van der Waals surface area contributed by atoms with E-state index in [1.807, 2.05) is 11.9 Å². The Kier molecular flexibility index (Phi) is 3.55. The standard InChI is InChI=1S/C15H18FN5O2S/c1-8-11(16)12-10-13(17-8)20(3)15(22)18-14(10)21-5-4-19(2)6-9(21)7-24(12)23/h9H,4-7H2,1-3H3. The van der Waals surface area contributed by atoms with Crippen molar-refractivity contribution in [3.63, 3.8) is 0 Å². The molecule has 0 N–H and O–H groups in total. The van der Waals surface area contributed by atoms with Crippen molar-refractivity contribution in [2.45, 2.75) is 17.9 Å². The zero-order valence-corrected chi connectivity index (χ0v) is 14.6. The molecular weight excluding hydrogens is 333 g/mol. The minimum absolute atomic E-state index is 0.0699. The van der Waals surface area contributed by atoms with Crippen LogP contribution in [-0.2, 0) is 18.2 Å². The van der Waals surface area contributed by atoms with Crippen molar-refractivity contribution in [3.05, 3.63) is 22.0 Å². The Hall–Kier alpha value is -1.71. The molecule has 0 aromatic carbocycles. The number of hydrogen-bond acceptors (Lipinski definition) is 6. The van der Waals surface area contributed by atoms with Crippen molar-refractivity contribution in [1.82, 2.24) is 19.4 Å². The van der Waals surface area contributed by atoms with Gasteiger partial charge in [0.2, 0.25) is 4.90 Å². The maximum Gasteiger partial charge on any atom is 0.350 e. The number of aryl methyl sites for hydroxylation is 2. The van der Waals surface area contributed by atoms with Gasteiger partial charge >= 0.3 is 5.69 Å². The molecule has 0 aliphatic carbocycles. The van der Waals surface area contributed by atoms with E-state index >= 15 is 0 Å². The molecule has 2 aromatic rings. The number of fused-ring (bicyclic) bond motifs is 2. The van der Waals surface area contributed by atoms with Crippen LogP contribution >= 0.6 is 0 Å². The molecule has 0 saturated carbocycles. The van der Waals surface area contributed by atoms with Crippen LogP contribution in [0.25, 0.3) is 11.0 Å². The van der Waals surface area contributed by atoms with Crippen molar-refractivity contribution in [1.29, 1.82) is 0 Å². The van der Waals surface area contributed by atoms with Gasteiger partial charge in [0.05, 0.1) is 11.7 Å². The van der Waals surface area contributed by atoms with Crippen LogP contribution < -0.4 is 10.6 Å². The second-order valence-electron chi connectivity index (χ2n) is 6.44. The van der Waals surface area contributed by atoms with Crippen LogP contribution in [0.15, 0.2) is 9.69 Å². The molecule has 2 unspecified atom stereocenters. The normalized spacial score (nSPS) is 24.1. The van der Waals surface area contributed by atoms with Crippen molar-refractivity contribution in [2.24, 2.45) is 7.05 Å². The van der Waals surface area contributed by atoms with E-state index in [0.29, 0.717) is 35.7 Å². The molecule has 2 aliphatic heterocycles. The summed E-state index contributed by atoms with van der Waals surface area (Å²) in [6, 6.07) is -0.0699. The summed E-state index contributed by atoms with van der Waals surface area (Å²) in [4.78, 5) is 25.0. The summed E-state index contributed by atoms with van der Waals surface area (Å²) in [7, 11) is 3.55. The highest BCUT2D eigenvalue weighted by atomic mass is 32.2. The molecule has 1 fully saturated rings. The van der Waals surface area contributed by atoms with Gasteiger partial charge in [-0.25, -0.2) is 9.78 Å². The zero-order chi connectivity index (χ0) is 17.2. The van der Waals surface area contributed by atoms with Crippen molar-refractivity contribution in [3.8, 4) is 0 Å². The van der Waals surface area contributed by atoms with Crippen LogP contribution in [-0.4, -0.2) is 62.5 Å². The Labute approximate surface area is 141 Å². The lowest BCUT2D eigenvalue weighted by molar-refractivity contribution is 0.276. The number of aromatic nitrogens is 3. The minimum Gasteiger partial charge on any atom is -0.611 e. The number of piperazine rings is 1. The molecule has 2 aromatic heterocycles. The number of likely N-dealkylation sites (N-methyl/N-ethyl adjacent to an activating group) is 1. The summed E-state index contributed by atoms with van der Waals surface area (Å²) in [5, 5.41) is 0.408. The Bertz CT molecular complexity index is 902. The summed E-state index contributed by atoms with van der Waals surface area (Å²) in [6.45, 7) is 3.69. The summed E-state index contributed by atoms with van der Waals surface area (Å²) in [5.74, 6) is 0.169. The molecule has 2 aliphatic rings. The SMILES string of the molecule is Cc1nc2c3c(nc(=O)n2C)N2CCN(C)CC2C[S+]([O-])c3c1F. The minimum atomic E-state index is -1.51. The van der Waals surface area contributed by atoms with Gasteiger partial charge in [-0.2, -0.15) is 9.37 Å². The number of halogens is 1. The van der Waals surface area contributed by atoms with Gasteiger partial charge in [-0.1, -0.05) is 0 Å². The maximum atomic E-state index is 14.8. The lowest BCUT2D eigenvalue weighted by atomic mass is 10.1. The first-order valence-electron chi connectivity index (χ1n) is 7.79. The first-order valence-corrected chi connectivity index (χ1v) is 9.10. The number of anilines is 1. The van der Waals surface area contributed by atoms with Crippen LogP contribution in [0.1, 0.15) is 5.69 Å². The fraction of sp³-hybridized carbons (Fsp3) is 0.533. The lowest BCUT2D eigenvalue weighted by Gasteiger charge is -2.39. The smallest absolute Gasteiger partial charge is 0.350 e. The molecule has 7 nitrogen and oxygen atoms in total. The third-order valence-corrected chi connectivity index (χ3v) is 6.33. The van der Waals surface area contributed by atoms with Gasteiger partial charge in [0, 0.05) is 26.7 Å². The Morgan fingerprint density at radius 1 is 1.29 bits per heavy atom. The number of hydrogen-bond donors (Lipinski definition) is 0. The quantitative estimate of drug-likeness (QED) is 0.623. The summed E-state index contributed by atoms with van der Waals surface area (Å²) >= 11 is -1.51. The highest BCUT2D eigenvalue weighted by Gasteiger charge is 2.40. The number of rotatable bonds is 0. The third-order valence-electron chi connectivity index (χ3n) is 4.80. The first-order chi connectivity index (χ1) is 11.4. The molecular formula is C15H18FN5O2S. The molecule has 4 heterocycles. The first kappa shape index (κ1) is 15.8. The molecule has 0 bridgehead atoms. The zero-order valence-electron chi connectivity index (χ0n) is 13.7. The van der Waals surface area contributed by atoms with Crippen LogP contribution in [0.2, 0.25) is 0 Å². The second-order valence-corrected chi connectivity index (χ2v) is 7.87. The highest BCUT2D eigenvalue weighted by Crippen LogP contribution is 2.37. The van der Waals surface area contributed by atoms with Crippen LogP contribution in [0, 0.1) is 12.7 Å². The van der Waals surface area contributed by atoms with Gasteiger partial charge in [-0.3, -0.25) is 4.57 Å². The van der Waals surface area contributed by atoms with Crippen molar-refractivity contribution in [2.75, 3.05) is 37.3 Å². The monoisotopic (exact) mass is 351 g/mol. The molecule has 9 heteroatoms. The van der Waals surface area contributed by atoms with Gasteiger partial charge in [0.25, 0.3) is 0 Å². The Balaban J connectivity index is 2.10. The molecule has 4 rings (SSSR count). The largest absolute Gasteiger partial charge is 0.611 e. The van der Waals surface area contributed by atoms with Gasteiger partial charge in [-0.05, 0) is 25.1 Å². The Morgan fingerprint density at radius 3 is 2.79 bits per heavy atom. The van der Waals surface area contributed by atoms with E-state index < -0.39 is 22.7 Å². The highest BCUT2D eigenvalue weighted by molar-refractivity contribution is 7.91. The van der Waals surface area contributed by atoms with Gasteiger partial charge in [0.1, 0.15) is 11.1 Å². The van der Waals surface area contributed by atoms with E-state index in [-0.39, 0.29) is 16.6 Å². The Morgan fingerprint density at radius 2 is 2.04 bits per heavy atom. The topological polar surface area (TPSA) is 77.3 Å². The second kappa shape index (κ2) is 5.40. The van der Waals surface area contributed by atoms with E-state index in [0.717, 1.165) is 6.54 Å². The van der Waals surface area contributed by atoms with E-state index in [2.05, 4.69) is 14.9 Å².